The van der Waals surface area contributed by atoms with E-state index in [2.05, 4.69) is 14.9 Å². The number of anilines is 1. The van der Waals surface area contributed by atoms with Gasteiger partial charge in [0.05, 0.1) is 6.04 Å². The average Bonchev–Trinajstić information content (AvgIpc) is 3.29. The molecule has 3 aliphatic rings. The predicted octanol–water partition coefficient (Wildman–Crippen LogP) is 2.74. The molecule has 0 radical (unpaired) electrons. The fraction of sp³-hybridized carbons (Fsp3) is 0.409. The number of carbonyl (C=O) groups excluding carboxylic acids is 1. The quantitative estimate of drug-likeness (QED) is 0.811. The first-order valence-electron chi connectivity index (χ1n) is 10.4. The Kier molecular flexibility index (Phi) is 4.85. The first kappa shape index (κ1) is 19.9. The van der Waals surface area contributed by atoms with Crippen LogP contribution >= 0.6 is 0 Å². The molecule has 3 fully saturated rings. The second kappa shape index (κ2) is 7.56. The summed E-state index contributed by atoms with van der Waals surface area (Å²) in [6, 6.07) is 4.71. The van der Waals surface area contributed by atoms with Crippen molar-refractivity contribution in [2.75, 3.05) is 18.0 Å². The van der Waals surface area contributed by atoms with E-state index in [4.69, 9.17) is 10.5 Å². The van der Waals surface area contributed by atoms with Gasteiger partial charge in [-0.15, -0.1) is 0 Å². The van der Waals surface area contributed by atoms with Crippen LogP contribution in [0.5, 0.6) is 0 Å². The maximum absolute atomic E-state index is 14.4. The van der Waals surface area contributed by atoms with Gasteiger partial charge in [-0.1, -0.05) is 0 Å². The van der Waals surface area contributed by atoms with E-state index >= 15 is 0 Å². The van der Waals surface area contributed by atoms with Crippen molar-refractivity contribution in [2.24, 2.45) is 5.73 Å². The standard InChI is InChI=1S/C22H23F2N5O2/c23-14-1-2-16(24)15(13-14)17-3-4-20-29(17)21(30)22(31-20)7-11-28(12-8-22)19-6-10-26-18(27-19)5-9-25/h1-2,5-6,9-10,13,17,20H,3-4,7-8,11-12,25H2/b9-5-/t17-,20+/m0/s1. The van der Waals surface area contributed by atoms with Crippen LogP contribution in [-0.4, -0.2) is 45.7 Å². The Bertz CT molecular complexity index is 1040. The van der Waals surface area contributed by atoms with Crippen LogP contribution in [0.2, 0.25) is 0 Å². The minimum absolute atomic E-state index is 0.127. The van der Waals surface area contributed by atoms with Crippen LogP contribution in [-0.2, 0) is 9.53 Å². The molecule has 4 heterocycles. The summed E-state index contributed by atoms with van der Waals surface area (Å²) in [4.78, 5) is 25.8. The lowest BCUT2D eigenvalue weighted by molar-refractivity contribution is -0.140. The number of amides is 1. The fourth-order valence-electron chi connectivity index (χ4n) is 4.92. The van der Waals surface area contributed by atoms with Gasteiger partial charge >= 0.3 is 0 Å². The highest BCUT2D eigenvalue weighted by atomic mass is 19.1. The molecule has 2 N–H and O–H groups in total. The maximum atomic E-state index is 14.4. The molecule has 9 heteroatoms. The lowest BCUT2D eigenvalue weighted by Crippen LogP contribution is -2.50. The van der Waals surface area contributed by atoms with E-state index in [1.165, 1.54) is 12.3 Å². The summed E-state index contributed by atoms with van der Waals surface area (Å²) < 4.78 is 34.4. The summed E-state index contributed by atoms with van der Waals surface area (Å²) in [5, 5.41) is 0. The molecule has 1 spiro atoms. The molecule has 5 rings (SSSR count). The summed E-state index contributed by atoms with van der Waals surface area (Å²) in [6.45, 7) is 1.18. The van der Waals surface area contributed by atoms with Crippen molar-refractivity contribution < 1.29 is 18.3 Å². The SMILES string of the molecule is N/C=C\c1nccc(N2CCC3(CC2)O[C@@H]2CC[C@@H](c4cc(F)ccc4F)N2C3=O)n1. The summed E-state index contributed by atoms with van der Waals surface area (Å²) in [7, 11) is 0. The molecule has 0 saturated carbocycles. The maximum Gasteiger partial charge on any atom is 0.257 e. The van der Waals surface area contributed by atoms with E-state index in [9.17, 15) is 13.6 Å². The normalized spacial score (nSPS) is 25.0. The highest BCUT2D eigenvalue weighted by molar-refractivity contribution is 5.88. The zero-order valence-corrected chi connectivity index (χ0v) is 16.9. The highest BCUT2D eigenvalue weighted by Gasteiger charge is 2.58. The Morgan fingerprint density at radius 1 is 1.19 bits per heavy atom. The molecule has 2 aromatic rings. The molecule has 3 saturated heterocycles. The van der Waals surface area contributed by atoms with Crippen molar-refractivity contribution in [1.82, 2.24) is 14.9 Å². The lowest BCUT2D eigenvalue weighted by atomic mass is 9.89. The van der Waals surface area contributed by atoms with E-state index < -0.39 is 29.5 Å². The minimum Gasteiger partial charge on any atom is -0.404 e. The van der Waals surface area contributed by atoms with Crippen molar-refractivity contribution >= 4 is 17.8 Å². The number of rotatable bonds is 3. The lowest BCUT2D eigenvalue weighted by Gasteiger charge is -2.38. The molecule has 1 aromatic carbocycles. The third-order valence-corrected chi connectivity index (χ3v) is 6.44. The van der Waals surface area contributed by atoms with Gasteiger partial charge in [-0.05, 0) is 49.4 Å². The van der Waals surface area contributed by atoms with Crippen LogP contribution in [0.4, 0.5) is 14.6 Å². The topological polar surface area (TPSA) is 84.6 Å². The number of fused-ring (bicyclic) bond motifs is 1. The number of ether oxygens (including phenoxy) is 1. The Labute approximate surface area is 178 Å². The molecule has 0 unspecified atom stereocenters. The number of halogens is 2. The molecule has 0 aliphatic carbocycles. The van der Waals surface area contributed by atoms with Crippen molar-refractivity contribution in [3.8, 4) is 0 Å². The highest BCUT2D eigenvalue weighted by Crippen LogP contribution is 2.48. The Balaban J connectivity index is 1.33. The van der Waals surface area contributed by atoms with Gasteiger partial charge in [0, 0.05) is 37.7 Å². The van der Waals surface area contributed by atoms with Gasteiger partial charge in [0.2, 0.25) is 0 Å². The van der Waals surface area contributed by atoms with E-state index in [0.29, 0.717) is 44.6 Å². The first-order valence-corrected chi connectivity index (χ1v) is 10.4. The third kappa shape index (κ3) is 3.33. The monoisotopic (exact) mass is 427 g/mol. The van der Waals surface area contributed by atoms with E-state index in [1.807, 2.05) is 6.07 Å². The van der Waals surface area contributed by atoms with E-state index in [-0.39, 0.29) is 11.5 Å². The van der Waals surface area contributed by atoms with Gasteiger partial charge in [0.25, 0.3) is 5.91 Å². The molecule has 2 atom stereocenters. The van der Waals surface area contributed by atoms with Gasteiger partial charge in [0.15, 0.2) is 11.4 Å². The van der Waals surface area contributed by atoms with Gasteiger partial charge in [-0.3, -0.25) is 4.79 Å². The number of piperidine rings is 1. The summed E-state index contributed by atoms with van der Waals surface area (Å²) in [5.41, 5.74) is 4.72. The Hall–Kier alpha value is -3.07. The number of aromatic nitrogens is 2. The Morgan fingerprint density at radius 3 is 2.77 bits per heavy atom. The van der Waals surface area contributed by atoms with Crippen molar-refractivity contribution in [3.05, 3.63) is 59.7 Å². The fourth-order valence-corrected chi connectivity index (χ4v) is 4.92. The van der Waals surface area contributed by atoms with Crippen LogP contribution < -0.4 is 10.6 Å². The first-order chi connectivity index (χ1) is 15.0. The number of carbonyl (C=O) groups is 1. The largest absolute Gasteiger partial charge is 0.404 e. The number of nitrogens with zero attached hydrogens (tertiary/aromatic N) is 4. The van der Waals surface area contributed by atoms with Crippen LogP contribution in [0, 0.1) is 11.6 Å². The van der Waals surface area contributed by atoms with Crippen LogP contribution in [0.3, 0.4) is 0 Å². The molecule has 162 valence electrons. The summed E-state index contributed by atoms with van der Waals surface area (Å²) in [6.07, 6.45) is 6.46. The van der Waals surface area contributed by atoms with E-state index in [0.717, 1.165) is 18.0 Å². The summed E-state index contributed by atoms with van der Waals surface area (Å²) in [5.74, 6) is 0.154. The zero-order valence-electron chi connectivity index (χ0n) is 16.9. The Morgan fingerprint density at radius 2 is 2.00 bits per heavy atom. The van der Waals surface area contributed by atoms with Gasteiger partial charge in [-0.2, -0.15) is 0 Å². The molecular weight excluding hydrogens is 404 g/mol. The van der Waals surface area contributed by atoms with Crippen LogP contribution in [0.25, 0.3) is 6.08 Å². The molecule has 1 aromatic heterocycles. The molecule has 7 nitrogen and oxygen atoms in total. The summed E-state index contributed by atoms with van der Waals surface area (Å²) >= 11 is 0. The second-order valence-corrected chi connectivity index (χ2v) is 8.16. The number of benzene rings is 1. The van der Waals surface area contributed by atoms with Gasteiger partial charge < -0.3 is 20.3 Å². The van der Waals surface area contributed by atoms with Crippen molar-refractivity contribution in [2.45, 2.75) is 43.6 Å². The average molecular weight is 427 g/mol. The molecule has 0 bridgehead atoms. The number of hydrogen-bond acceptors (Lipinski definition) is 6. The minimum atomic E-state index is -0.920. The molecular formula is C22H23F2N5O2. The predicted molar refractivity (Wildman–Crippen MR) is 109 cm³/mol. The smallest absolute Gasteiger partial charge is 0.257 e. The van der Waals surface area contributed by atoms with E-state index in [1.54, 1.807) is 17.2 Å². The van der Waals surface area contributed by atoms with Crippen LogP contribution in [0.1, 0.15) is 43.1 Å². The molecule has 1 amide bonds. The second-order valence-electron chi connectivity index (χ2n) is 8.16. The molecule has 3 aliphatic heterocycles. The number of nitrogens with two attached hydrogens (primary N) is 1. The van der Waals surface area contributed by atoms with Crippen LogP contribution in [0.15, 0.2) is 36.7 Å². The van der Waals surface area contributed by atoms with Crippen molar-refractivity contribution in [3.63, 3.8) is 0 Å². The van der Waals surface area contributed by atoms with Gasteiger partial charge in [0.1, 0.15) is 23.7 Å². The number of hydrogen-bond donors (Lipinski definition) is 1. The van der Waals surface area contributed by atoms with Gasteiger partial charge in [-0.25, -0.2) is 18.7 Å². The molecule has 31 heavy (non-hydrogen) atoms. The third-order valence-electron chi connectivity index (χ3n) is 6.44. The van der Waals surface area contributed by atoms with Crippen molar-refractivity contribution in [1.29, 1.82) is 0 Å². The zero-order chi connectivity index (χ0) is 21.6.